The maximum absolute atomic E-state index is 12.3. The number of sulfone groups is 1. The summed E-state index contributed by atoms with van der Waals surface area (Å²) in [5.74, 6) is -0.422. The van der Waals surface area contributed by atoms with Crippen LogP contribution in [-0.2, 0) is 14.6 Å². The van der Waals surface area contributed by atoms with Crippen molar-refractivity contribution >= 4 is 21.4 Å². The Bertz CT molecular complexity index is 972. The third-order valence-corrected chi connectivity index (χ3v) is 5.68. The largest absolute Gasteiger partial charge is 0.478 e. The van der Waals surface area contributed by atoms with Gasteiger partial charge in [0.2, 0.25) is 0 Å². The number of benzene rings is 1. The lowest BCUT2D eigenvalue weighted by molar-refractivity contribution is -0.130. The molecule has 1 aromatic heterocycles. The number of aryl methyl sites for hydroxylation is 1. The second kappa shape index (κ2) is 6.99. The minimum atomic E-state index is -3.62. The zero-order valence-corrected chi connectivity index (χ0v) is 15.4. The van der Waals surface area contributed by atoms with Gasteiger partial charge >= 0.3 is 5.97 Å². The standard InChI is InChI=1S/C17H20N4O4S/c1-11-18-19-20-21(11)15-8-7-13(10-16(15)26(2,24)25)14(17(22)23)9-12-5-3-4-6-12/h7-10,12H,3-6H2,1-2H3,(H,22,23). The Morgan fingerprint density at radius 2 is 2.00 bits per heavy atom. The predicted molar refractivity (Wildman–Crippen MR) is 94.6 cm³/mol. The van der Waals surface area contributed by atoms with Crippen molar-refractivity contribution in [2.45, 2.75) is 37.5 Å². The van der Waals surface area contributed by atoms with E-state index in [4.69, 9.17) is 0 Å². The van der Waals surface area contributed by atoms with Crippen molar-refractivity contribution in [1.82, 2.24) is 20.2 Å². The number of carboxylic acid groups (broad SMARTS) is 1. The molecule has 0 bridgehead atoms. The molecule has 1 aliphatic rings. The summed E-state index contributed by atoms with van der Waals surface area (Å²) in [6.07, 6.45) is 6.91. The highest BCUT2D eigenvalue weighted by molar-refractivity contribution is 7.90. The van der Waals surface area contributed by atoms with Crippen LogP contribution in [0.1, 0.15) is 37.1 Å². The first-order chi connectivity index (χ1) is 12.3. The molecule has 1 saturated carbocycles. The summed E-state index contributed by atoms with van der Waals surface area (Å²) < 4.78 is 25.9. The Hall–Kier alpha value is -2.55. The summed E-state index contributed by atoms with van der Waals surface area (Å²) >= 11 is 0. The molecule has 0 unspecified atom stereocenters. The Labute approximate surface area is 151 Å². The summed E-state index contributed by atoms with van der Waals surface area (Å²) in [5, 5.41) is 20.7. The molecular weight excluding hydrogens is 356 g/mol. The van der Waals surface area contributed by atoms with Gasteiger partial charge in [-0.1, -0.05) is 25.0 Å². The van der Waals surface area contributed by atoms with Crippen LogP contribution in [0.2, 0.25) is 0 Å². The molecule has 0 atom stereocenters. The van der Waals surface area contributed by atoms with Crippen molar-refractivity contribution in [1.29, 1.82) is 0 Å². The number of aromatic nitrogens is 4. The molecule has 0 saturated heterocycles. The van der Waals surface area contributed by atoms with Gasteiger partial charge in [-0.05, 0) is 53.8 Å². The van der Waals surface area contributed by atoms with E-state index < -0.39 is 15.8 Å². The zero-order valence-electron chi connectivity index (χ0n) is 14.6. The minimum Gasteiger partial charge on any atom is -0.478 e. The van der Waals surface area contributed by atoms with Gasteiger partial charge in [-0.15, -0.1) is 5.10 Å². The van der Waals surface area contributed by atoms with E-state index in [0.717, 1.165) is 31.9 Å². The van der Waals surface area contributed by atoms with Crippen molar-refractivity contribution in [3.8, 4) is 5.69 Å². The van der Waals surface area contributed by atoms with Crippen molar-refractivity contribution in [3.05, 3.63) is 35.7 Å². The van der Waals surface area contributed by atoms with Crippen molar-refractivity contribution in [2.75, 3.05) is 6.26 Å². The van der Waals surface area contributed by atoms with Crippen LogP contribution in [0.3, 0.4) is 0 Å². The lowest BCUT2D eigenvalue weighted by Gasteiger charge is -2.12. The monoisotopic (exact) mass is 376 g/mol. The second-order valence-electron chi connectivity index (χ2n) is 6.52. The SMILES string of the molecule is Cc1nnnn1-c1ccc(C(=CC2CCCC2)C(=O)O)cc1S(C)(=O)=O. The Morgan fingerprint density at radius 3 is 2.54 bits per heavy atom. The molecule has 2 aromatic rings. The van der Waals surface area contributed by atoms with Crippen molar-refractivity contribution < 1.29 is 18.3 Å². The molecule has 0 aliphatic heterocycles. The van der Waals surface area contributed by atoms with Crippen LogP contribution in [0, 0.1) is 12.8 Å². The lowest BCUT2D eigenvalue weighted by Crippen LogP contribution is -2.10. The maximum atomic E-state index is 12.3. The molecule has 1 aromatic carbocycles. The van der Waals surface area contributed by atoms with Gasteiger partial charge in [0.05, 0.1) is 16.2 Å². The number of hydrogen-bond donors (Lipinski definition) is 1. The normalized spacial score (nSPS) is 16.2. The van der Waals surface area contributed by atoms with Crippen LogP contribution < -0.4 is 0 Å². The fraction of sp³-hybridized carbons (Fsp3) is 0.412. The third-order valence-electron chi connectivity index (χ3n) is 4.56. The number of tetrazole rings is 1. The lowest BCUT2D eigenvalue weighted by atomic mass is 9.98. The van der Waals surface area contributed by atoms with E-state index in [0.29, 0.717) is 17.1 Å². The molecule has 1 heterocycles. The van der Waals surface area contributed by atoms with Crippen LogP contribution in [-0.4, -0.2) is 46.0 Å². The average molecular weight is 376 g/mol. The molecule has 0 radical (unpaired) electrons. The molecule has 138 valence electrons. The molecule has 1 N–H and O–H groups in total. The maximum Gasteiger partial charge on any atom is 0.335 e. The zero-order chi connectivity index (χ0) is 18.9. The van der Waals surface area contributed by atoms with E-state index in [2.05, 4.69) is 15.5 Å². The van der Waals surface area contributed by atoms with E-state index >= 15 is 0 Å². The minimum absolute atomic E-state index is 0.0102. The summed E-state index contributed by atoms with van der Waals surface area (Å²) in [5.41, 5.74) is 0.783. The number of aliphatic carboxylic acids is 1. The van der Waals surface area contributed by atoms with Gasteiger partial charge in [-0.3, -0.25) is 0 Å². The summed E-state index contributed by atoms with van der Waals surface area (Å²) in [6, 6.07) is 4.53. The Morgan fingerprint density at radius 1 is 1.31 bits per heavy atom. The molecule has 1 aliphatic carbocycles. The van der Waals surface area contributed by atoms with Gasteiger partial charge in [0.1, 0.15) is 0 Å². The van der Waals surface area contributed by atoms with Gasteiger partial charge < -0.3 is 5.11 Å². The van der Waals surface area contributed by atoms with E-state index in [1.165, 1.54) is 10.7 Å². The van der Waals surface area contributed by atoms with Gasteiger partial charge in [0.25, 0.3) is 0 Å². The third kappa shape index (κ3) is 3.67. The summed E-state index contributed by atoms with van der Waals surface area (Å²) in [6.45, 7) is 1.66. The number of rotatable bonds is 5. The van der Waals surface area contributed by atoms with Gasteiger partial charge in [-0.2, -0.15) is 4.68 Å². The summed E-state index contributed by atoms with van der Waals surface area (Å²) in [7, 11) is -3.62. The topological polar surface area (TPSA) is 115 Å². The smallest absolute Gasteiger partial charge is 0.335 e. The van der Waals surface area contributed by atoms with E-state index in [1.54, 1.807) is 25.1 Å². The second-order valence-corrected chi connectivity index (χ2v) is 8.51. The van der Waals surface area contributed by atoms with Crippen LogP contribution in [0.5, 0.6) is 0 Å². The molecule has 0 spiro atoms. The number of carboxylic acids is 1. The van der Waals surface area contributed by atoms with Gasteiger partial charge in [0, 0.05) is 6.26 Å². The van der Waals surface area contributed by atoms with E-state index in [9.17, 15) is 18.3 Å². The predicted octanol–water partition coefficient (Wildman–Crippen LogP) is 2.03. The Balaban J connectivity index is 2.14. The van der Waals surface area contributed by atoms with Crippen molar-refractivity contribution in [2.24, 2.45) is 5.92 Å². The summed E-state index contributed by atoms with van der Waals surface area (Å²) in [4.78, 5) is 11.8. The first kappa shape index (κ1) is 18.2. The number of allylic oxidation sites excluding steroid dienone is 1. The van der Waals surface area contributed by atoms with Crippen LogP contribution in [0.4, 0.5) is 0 Å². The highest BCUT2D eigenvalue weighted by atomic mass is 32.2. The van der Waals surface area contributed by atoms with Gasteiger partial charge in [0.15, 0.2) is 15.7 Å². The molecule has 26 heavy (non-hydrogen) atoms. The van der Waals surface area contributed by atoms with Crippen LogP contribution in [0.15, 0.2) is 29.2 Å². The first-order valence-corrected chi connectivity index (χ1v) is 10.2. The highest BCUT2D eigenvalue weighted by Crippen LogP contribution is 2.31. The quantitative estimate of drug-likeness (QED) is 0.794. The van der Waals surface area contributed by atoms with E-state index in [-0.39, 0.29) is 16.4 Å². The molecular formula is C17H20N4O4S. The molecule has 8 nitrogen and oxygen atoms in total. The fourth-order valence-electron chi connectivity index (χ4n) is 3.26. The molecule has 0 amide bonds. The first-order valence-electron chi connectivity index (χ1n) is 8.32. The number of carbonyl (C=O) groups is 1. The molecule has 3 rings (SSSR count). The number of nitrogens with zero attached hydrogens (tertiary/aromatic N) is 4. The fourth-order valence-corrected chi connectivity index (χ4v) is 4.13. The average Bonchev–Trinajstić information content (AvgIpc) is 3.22. The van der Waals surface area contributed by atoms with Gasteiger partial charge in [-0.25, -0.2) is 13.2 Å². The molecule has 1 fully saturated rings. The van der Waals surface area contributed by atoms with Crippen molar-refractivity contribution in [3.63, 3.8) is 0 Å². The van der Waals surface area contributed by atoms with Crippen LogP contribution in [0.25, 0.3) is 11.3 Å². The van der Waals surface area contributed by atoms with Crippen LogP contribution >= 0.6 is 0 Å². The molecule has 9 heteroatoms. The Kier molecular flexibility index (Phi) is 4.90. The number of hydrogen-bond acceptors (Lipinski definition) is 6. The highest BCUT2D eigenvalue weighted by Gasteiger charge is 2.22. The van der Waals surface area contributed by atoms with E-state index in [1.807, 2.05) is 0 Å².